The number of rotatable bonds is 7. The summed E-state index contributed by atoms with van der Waals surface area (Å²) in [7, 11) is 1.63. The van der Waals surface area contributed by atoms with Crippen molar-refractivity contribution in [3.8, 4) is 5.75 Å². The van der Waals surface area contributed by atoms with Crippen LogP contribution in [0.15, 0.2) is 39.2 Å². The van der Waals surface area contributed by atoms with Gasteiger partial charge in [-0.05, 0) is 70.4 Å². The Morgan fingerprint density at radius 1 is 1.11 bits per heavy atom. The molecule has 1 saturated heterocycles. The maximum absolute atomic E-state index is 13.9. The molecule has 1 unspecified atom stereocenters. The fraction of sp³-hybridized carbons (Fsp3) is 0.552. The van der Waals surface area contributed by atoms with Crippen molar-refractivity contribution < 1.29 is 14.3 Å². The number of aromatic nitrogens is 2. The molecule has 5 rings (SSSR count). The second-order valence-electron chi connectivity index (χ2n) is 11.5. The van der Waals surface area contributed by atoms with Crippen molar-refractivity contribution in [3.05, 3.63) is 61.6 Å². The van der Waals surface area contributed by atoms with Crippen molar-refractivity contribution >= 4 is 27.5 Å². The van der Waals surface area contributed by atoms with E-state index in [-0.39, 0.29) is 35.7 Å². The SMILES string of the molecule is COc1ccccc1C(Cn1c(=O)n(C(C)(C)C)c(=O)c2c(C)csc21)OC1CCN(C(=O)C2CC2)CC1. The average Bonchev–Trinajstić information content (AvgIpc) is 3.66. The molecule has 2 aromatic heterocycles. The predicted molar refractivity (Wildman–Crippen MR) is 149 cm³/mol. The molecule has 0 bridgehead atoms. The molecule has 1 amide bonds. The minimum atomic E-state index is -0.680. The highest BCUT2D eigenvalue weighted by Gasteiger charge is 2.36. The van der Waals surface area contributed by atoms with Gasteiger partial charge in [0.1, 0.15) is 16.7 Å². The zero-order chi connectivity index (χ0) is 27.2. The molecule has 1 aliphatic heterocycles. The lowest BCUT2D eigenvalue weighted by Gasteiger charge is -2.35. The Bertz CT molecular complexity index is 1450. The maximum Gasteiger partial charge on any atom is 0.332 e. The molecule has 1 aromatic carbocycles. The first-order chi connectivity index (χ1) is 18.1. The Labute approximate surface area is 226 Å². The first-order valence-corrected chi connectivity index (χ1v) is 14.3. The van der Waals surface area contributed by atoms with Crippen molar-refractivity contribution in [2.45, 2.75) is 77.7 Å². The summed E-state index contributed by atoms with van der Waals surface area (Å²) in [4.78, 5) is 42.4. The van der Waals surface area contributed by atoms with Crippen molar-refractivity contribution in [1.82, 2.24) is 14.0 Å². The van der Waals surface area contributed by atoms with Gasteiger partial charge in [0.25, 0.3) is 5.56 Å². The lowest BCUT2D eigenvalue weighted by molar-refractivity contribution is -0.136. The molecular formula is C29H37N3O5S. The molecule has 3 heterocycles. The molecule has 38 heavy (non-hydrogen) atoms. The monoisotopic (exact) mass is 539 g/mol. The standard InChI is InChI=1S/C29H37N3O5S/c1-18-17-38-27-24(18)26(34)32(29(2,3)4)28(35)31(27)16-23(21-8-6-7-9-22(21)36-5)37-20-12-14-30(15-13-20)25(33)19-10-11-19/h6-9,17,19-20,23H,10-16H2,1-5H3. The number of hydrogen-bond donors (Lipinski definition) is 0. The number of likely N-dealkylation sites (tertiary alicyclic amines) is 1. The van der Waals surface area contributed by atoms with Crippen LogP contribution in [0.5, 0.6) is 5.75 Å². The fourth-order valence-corrected chi connectivity index (χ4v) is 6.45. The van der Waals surface area contributed by atoms with Crippen LogP contribution in [0.1, 0.15) is 63.7 Å². The largest absolute Gasteiger partial charge is 0.496 e. The van der Waals surface area contributed by atoms with E-state index < -0.39 is 11.6 Å². The summed E-state index contributed by atoms with van der Waals surface area (Å²) in [6, 6.07) is 7.71. The van der Waals surface area contributed by atoms with E-state index in [4.69, 9.17) is 9.47 Å². The summed E-state index contributed by atoms with van der Waals surface area (Å²) in [6.45, 7) is 9.14. The van der Waals surface area contributed by atoms with Gasteiger partial charge in [0.2, 0.25) is 5.91 Å². The zero-order valence-electron chi connectivity index (χ0n) is 22.9. The normalized spacial score (nSPS) is 17.7. The summed E-state index contributed by atoms with van der Waals surface area (Å²) < 4.78 is 15.5. The van der Waals surface area contributed by atoms with Gasteiger partial charge in [0, 0.05) is 30.1 Å². The van der Waals surface area contributed by atoms with Crippen molar-refractivity contribution in [2.75, 3.05) is 20.2 Å². The van der Waals surface area contributed by atoms with Gasteiger partial charge in [0.05, 0.1) is 25.1 Å². The number of carbonyl (C=O) groups excluding carboxylic acids is 1. The molecule has 9 heteroatoms. The molecule has 2 aliphatic rings. The Kier molecular flexibility index (Phi) is 7.26. The number of thiophene rings is 1. The van der Waals surface area contributed by atoms with Crippen LogP contribution in [0.3, 0.4) is 0 Å². The highest BCUT2D eigenvalue weighted by Crippen LogP contribution is 2.35. The summed E-state index contributed by atoms with van der Waals surface area (Å²) >= 11 is 1.41. The third-order valence-corrected chi connectivity index (χ3v) is 8.70. The number of methoxy groups -OCH3 is 1. The Morgan fingerprint density at radius 3 is 2.42 bits per heavy atom. The third kappa shape index (κ3) is 5.06. The van der Waals surface area contributed by atoms with Crippen LogP contribution < -0.4 is 16.0 Å². The van der Waals surface area contributed by atoms with Gasteiger partial charge in [-0.3, -0.25) is 18.7 Å². The lowest BCUT2D eigenvalue weighted by atomic mass is 10.0. The molecule has 204 valence electrons. The number of piperidine rings is 1. The number of hydrogen-bond acceptors (Lipinski definition) is 6. The van der Waals surface area contributed by atoms with Gasteiger partial charge in [-0.15, -0.1) is 11.3 Å². The van der Waals surface area contributed by atoms with E-state index in [1.165, 1.54) is 15.9 Å². The number of para-hydroxylation sites is 1. The predicted octanol–water partition coefficient (Wildman–Crippen LogP) is 4.46. The Balaban J connectivity index is 1.52. The van der Waals surface area contributed by atoms with E-state index in [0.29, 0.717) is 29.1 Å². The maximum atomic E-state index is 13.9. The van der Waals surface area contributed by atoms with Crippen LogP contribution in [0.2, 0.25) is 0 Å². The summed E-state index contributed by atoms with van der Waals surface area (Å²) in [6.07, 6.45) is 2.97. The molecule has 0 spiro atoms. The number of aryl methyl sites for hydroxylation is 1. The first kappa shape index (κ1) is 26.7. The Hall–Kier alpha value is -2.91. The van der Waals surface area contributed by atoms with Gasteiger partial charge in [-0.1, -0.05) is 18.2 Å². The van der Waals surface area contributed by atoms with E-state index in [2.05, 4.69) is 0 Å². The van der Waals surface area contributed by atoms with Crippen LogP contribution in [0, 0.1) is 12.8 Å². The second-order valence-corrected chi connectivity index (χ2v) is 12.3. The third-order valence-electron chi connectivity index (χ3n) is 7.58. The topological polar surface area (TPSA) is 82.8 Å². The van der Waals surface area contributed by atoms with Crippen LogP contribution in [-0.2, 0) is 21.6 Å². The summed E-state index contributed by atoms with van der Waals surface area (Å²) in [5.74, 6) is 1.18. The quantitative estimate of drug-likeness (QED) is 0.443. The van der Waals surface area contributed by atoms with Crippen LogP contribution >= 0.6 is 11.3 Å². The molecule has 1 atom stereocenters. The molecular weight excluding hydrogens is 502 g/mol. The van der Waals surface area contributed by atoms with Crippen molar-refractivity contribution in [1.29, 1.82) is 0 Å². The fourth-order valence-electron chi connectivity index (χ4n) is 5.39. The van der Waals surface area contributed by atoms with E-state index in [1.807, 2.05) is 62.2 Å². The molecule has 2 fully saturated rings. The minimum Gasteiger partial charge on any atom is -0.496 e. The van der Waals surface area contributed by atoms with Gasteiger partial charge >= 0.3 is 5.69 Å². The van der Waals surface area contributed by atoms with Gasteiger partial charge in [-0.25, -0.2) is 4.79 Å². The highest BCUT2D eigenvalue weighted by atomic mass is 32.1. The van der Waals surface area contributed by atoms with E-state index in [9.17, 15) is 14.4 Å². The summed E-state index contributed by atoms with van der Waals surface area (Å²) in [5, 5.41) is 2.51. The number of fused-ring (bicyclic) bond motifs is 1. The Morgan fingerprint density at radius 2 is 1.79 bits per heavy atom. The number of benzene rings is 1. The van der Waals surface area contributed by atoms with Crippen LogP contribution in [-0.4, -0.2) is 46.2 Å². The number of amides is 1. The second kappa shape index (κ2) is 10.3. The van der Waals surface area contributed by atoms with Gasteiger partial charge in [0.15, 0.2) is 0 Å². The number of ether oxygens (including phenoxy) is 2. The van der Waals surface area contributed by atoms with Crippen LogP contribution in [0.4, 0.5) is 0 Å². The minimum absolute atomic E-state index is 0.0575. The molecule has 0 N–H and O–H groups in total. The molecule has 3 aromatic rings. The van der Waals surface area contributed by atoms with E-state index >= 15 is 0 Å². The molecule has 1 saturated carbocycles. The van der Waals surface area contributed by atoms with Crippen molar-refractivity contribution in [2.24, 2.45) is 5.92 Å². The molecule has 0 radical (unpaired) electrons. The molecule has 1 aliphatic carbocycles. The molecule has 8 nitrogen and oxygen atoms in total. The van der Waals surface area contributed by atoms with Gasteiger partial charge in [-0.2, -0.15) is 0 Å². The lowest BCUT2D eigenvalue weighted by Crippen LogP contribution is -2.48. The van der Waals surface area contributed by atoms with E-state index in [0.717, 1.165) is 36.8 Å². The van der Waals surface area contributed by atoms with Crippen molar-refractivity contribution in [3.63, 3.8) is 0 Å². The average molecular weight is 540 g/mol. The highest BCUT2D eigenvalue weighted by molar-refractivity contribution is 7.17. The first-order valence-electron chi connectivity index (χ1n) is 13.4. The summed E-state index contributed by atoms with van der Waals surface area (Å²) in [5.41, 5.74) is 0.443. The van der Waals surface area contributed by atoms with Crippen LogP contribution in [0.25, 0.3) is 10.2 Å². The number of nitrogens with zero attached hydrogens (tertiary/aromatic N) is 3. The van der Waals surface area contributed by atoms with E-state index in [1.54, 1.807) is 11.7 Å². The zero-order valence-corrected chi connectivity index (χ0v) is 23.7. The smallest absolute Gasteiger partial charge is 0.332 e. The van der Waals surface area contributed by atoms with Gasteiger partial charge < -0.3 is 14.4 Å². The number of carbonyl (C=O) groups is 1.